The summed E-state index contributed by atoms with van der Waals surface area (Å²) in [6, 6.07) is 1.54. The van der Waals surface area contributed by atoms with Crippen molar-refractivity contribution in [3.8, 4) is 0 Å². The second kappa shape index (κ2) is 5.56. The van der Waals surface area contributed by atoms with E-state index in [-0.39, 0.29) is 18.6 Å². The average molecular weight is 285 g/mol. The number of ether oxygens (including phenoxy) is 1. The minimum absolute atomic E-state index is 0.0314. The van der Waals surface area contributed by atoms with Gasteiger partial charge in [0.15, 0.2) is 0 Å². The van der Waals surface area contributed by atoms with Gasteiger partial charge in [-0.15, -0.1) is 0 Å². The van der Waals surface area contributed by atoms with E-state index in [0.29, 0.717) is 6.07 Å². The Morgan fingerprint density at radius 2 is 2.00 bits per heavy atom. The molecule has 0 saturated carbocycles. The highest BCUT2D eigenvalue weighted by Gasteiger charge is 2.37. The van der Waals surface area contributed by atoms with Crippen LogP contribution in [0.3, 0.4) is 0 Å². The first-order chi connectivity index (χ1) is 8.25. The lowest BCUT2D eigenvalue weighted by molar-refractivity contribution is -0.142. The average Bonchev–Trinajstić information content (AvgIpc) is 2.13. The van der Waals surface area contributed by atoms with E-state index < -0.39 is 28.5 Å². The Hall–Kier alpha value is -1.30. The minimum atomic E-state index is -4.87. The molecule has 0 bridgehead atoms. The van der Waals surface area contributed by atoms with E-state index in [4.69, 9.17) is 11.6 Å². The Morgan fingerprint density at radius 1 is 1.39 bits per heavy atom. The zero-order valence-electron chi connectivity index (χ0n) is 9.28. The normalized spacial score (nSPS) is 11.4. The highest BCUT2D eigenvalue weighted by Crippen LogP contribution is 2.37. The number of carbonyl (C=O) groups excluding carboxylic acids is 1. The Kier molecular flexibility index (Phi) is 4.56. The summed E-state index contributed by atoms with van der Waals surface area (Å²) in [5, 5.41) is -0.776. The van der Waals surface area contributed by atoms with E-state index in [1.807, 2.05) is 0 Å². The van der Waals surface area contributed by atoms with Crippen molar-refractivity contribution < 1.29 is 27.1 Å². The highest BCUT2D eigenvalue weighted by molar-refractivity contribution is 6.31. The Labute approximate surface area is 105 Å². The topological polar surface area (TPSA) is 26.3 Å². The molecule has 0 unspecified atom stereocenters. The van der Waals surface area contributed by atoms with Crippen LogP contribution >= 0.6 is 11.6 Å². The van der Waals surface area contributed by atoms with Gasteiger partial charge in [0.1, 0.15) is 11.4 Å². The standard InChI is InChI=1S/C11H9ClF4O2/c1-2-18-9(17)5-6-3-7(12)10(8(13)4-6)11(14,15)16/h3-4H,2,5H2,1H3. The van der Waals surface area contributed by atoms with Crippen LogP contribution in [0.25, 0.3) is 0 Å². The van der Waals surface area contributed by atoms with E-state index in [2.05, 4.69) is 4.74 Å². The lowest BCUT2D eigenvalue weighted by Crippen LogP contribution is -2.12. The summed E-state index contributed by atoms with van der Waals surface area (Å²) in [6.07, 6.45) is -5.20. The predicted octanol–water partition coefficient (Wildman–Crippen LogP) is 3.60. The number of rotatable bonds is 3. The molecule has 0 aliphatic rings. The molecule has 0 spiro atoms. The van der Waals surface area contributed by atoms with Crippen molar-refractivity contribution in [1.82, 2.24) is 0 Å². The van der Waals surface area contributed by atoms with E-state index in [1.165, 1.54) is 0 Å². The second-order valence-electron chi connectivity index (χ2n) is 3.41. The fourth-order valence-electron chi connectivity index (χ4n) is 1.38. The van der Waals surface area contributed by atoms with E-state index >= 15 is 0 Å². The van der Waals surface area contributed by atoms with Crippen LogP contribution in [-0.2, 0) is 22.1 Å². The number of alkyl halides is 3. The predicted molar refractivity (Wildman–Crippen MR) is 56.7 cm³/mol. The third-order valence-corrected chi connectivity index (χ3v) is 2.34. The zero-order valence-corrected chi connectivity index (χ0v) is 10.0. The van der Waals surface area contributed by atoms with Crippen LogP contribution in [0.2, 0.25) is 5.02 Å². The lowest BCUT2D eigenvalue weighted by atomic mass is 10.1. The molecule has 1 rings (SSSR count). The molecule has 1 aromatic carbocycles. The molecule has 100 valence electrons. The van der Waals surface area contributed by atoms with Crippen LogP contribution in [0.1, 0.15) is 18.1 Å². The van der Waals surface area contributed by atoms with Crippen molar-refractivity contribution in [1.29, 1.82) is 0 Å². The summed E-state index contributed by atoms with van der Waals surface area (Å²) in [6.45, 7) is 1.72. The molecule has 1 aromatic rings. The quantitative estimate of drug-likeness (QED) is 0.626. The number of hydrogen-bond acceptors (Lipinski definition) is 2. The highest BCUT2D eigenvalue weighted by atomic mass is 35.5. The lowest BCUT2D eigenvalue weighted by Gasteiger charge is -2.11. The van der Waals surface area contributed by atoms with Gasteiger partial charge < -0.3 is 4.74 Å². The number of esters is 1. The molecule has 0 radical (unpaired) electrons. The Bertz CT molecular complexity index is 434. The van der Waals surface area contributed by atoms with Crippen LogP contribution in [0, 0.1) is 5.82 Å². The van der Waals surface area contributed by atoms with Gasteiger partial charge in [-0.1, -0.05) is 11.6 Å². The summed E-state index contributed by atoms with van der Waals surface area (Å²) in [5.74, 6) is -2.16. The van der Waals surface area contributed by atoms with Gasteiger partial charge in [-0.2, -0.15) is 13.2 Å². The Morgan fingerprint density at radius 3 is 2.44 bits per heavy atom. The molecule has 0 saturated heterocycles. The van der Waals surface area contributed by atoms with E-state index in [9.17, 15) is 22.4 Å². The minimum Gasteiger partial charge on any atom is -0.466 e. The van der Waals surface area contributed by atoms with Gasteiger partial charge >= 0.3 is 12.1 Å². The molecule has 0 atom stereocenters. The van der Waals surface area contributed by atoms with Gasteiger partial charge in [0.25, 0.3) is 0 Å². The Balaban J connectivity index is 3.04. The van der Waals surface area contributed by atoms with Crippen molar-refractivity contribution in [2.45, 2.75) is 19.5 Å². The molecular weight excluding hydrogens is 276 g/mol. The first-order valence-electron chi connectivity index (χ1n) is 4.96. The largest absolute Gasteiger partial charge is 0.466 e. The molecule has 18 heavy (non-hydrogen) atoms. The van der Waals surface area contributed by atoms with Gasteiger partial charge in [-0.05, 0) is 24.6 Å². The van der Waals surface area contributed by atoms with Crippen molar-refractivity contribution >= 4 is 17.6 Å². The summed E-state index contributed by atoms with van der Waals surface area (Å²) in [5.41, 5.74) is -1.50. The summed E-state index contributed by atoms with van der Waals surface area (Å²) < 4.78 is 55.1. The van der Waals surface area contributed by atoms with Crippen LogP contribution < -0.4 is 0 Å². The molecular formula is C11H9ClF4O2. The zero-order chi connectivity index (χ0) is 13.9. The molecule has 0 fully saturated rings. The number of hydrogen-bond donors (Lipinski definition) is 0. The van der Waals surface area contributed by atoms with Gasteiger partial charge in [-0.3, -0.25) is 4.79 Å². The molecule has 0 N–H and O–H groups in total. The monoisotopic (exact) mass is 284 g/mol. The maximum absolute atomic E-state index is 13.3. The fraction of sp³-hybridized carbons (Fsp3) is 0.364. The van der Waals surface area contributed by atoms with Crippen LogP contribution in [-0.4, -0.2) is 12.6 Å². The van der Waals surface area contributed by atoms with Gasteiger partial charge in [0, 0.05) is 0 Å². The summed E-state index contributed by atoms with van der Waals surface area (Å²) in [7, 11) is 0. The summed E-state index contributed by atoms with van der Waals surface area (Å²) >= 11 is 5.37. The first kappa shape index (κ1) is 14.8. The fourth-order valence-corrected chi connectivity index (χ4v) is 1.71. The molecule has 7 heteroatoms. The van der Waals surface area contributed by atoms with Gasteiger partial charge in [0.05, 0.1) is 18.1 Å². The van der Waals surface area contributed by atoms with Gasteiger partial charge in [0.2, 0.25) is 0 Å². The van der Waals surface area contributed by atoms with Crippen molar-refractivity contribution in [3.05, 3.63) is 34.1 Å². The molecule has 0 heterocycles. The van der Waals surface area contributed by atoms with Crippen molar-refractivity contribution in [2.24, 2.45) is 0 Å². The molecule has 0 aromatic heterocycles. The number of halogens is 5. The van der Waals surface area contributed by atoms with E-state index in [1.54, 1.807) is 6.92 Å². The number of carbonyl (C=O) groups is 1. The smallest absolute Gasteiger partial charge is 0.420 e. The molecule has 0 aliphatic heterocycles. The maximum atomic E-state index is 13.3. The third kappa shape index (κ3) is 3.60. The third-order valence-electron chi connectivity index (χ3n) is 2.04. The number of benzene rings is 1. The molecule has 2 nitrogen and oxygen atoms in total. The van der Waals surface area contributed by atoms with Crippen molar-refractivity contribution in [2.75, 3.05) is 6.61 Å². The molecule has 0 amide bonds. The van der Waals surface area contributed by atoms with Crippen molar-refractivity contribution in [3.63, 3.8) is 0 Å². The first-order valence-corrected chi connectivity index (χ1v) is 5.34. The SMILES string of the molecule is CCOC(=O)Cc1cc(F)c(C(F)(F)F)c(Cl)c1. The van der Waals surface area contributed by atoms with Crippen LogP contribution in [0.5, 0.6) is 0 Å². The second-order valence-corrected chi connectivity index (χ2v) is 3.82. The maximum Gasteiger partial charge on any atom is 0.420 e. The van der Waals surface area contributed by atoms with Crippen LogP contribution in [0.4, 0.5) is 17.6 Å². The van der Waals surface area contributed by atoms with E-state index in [0.717, 1.165) is 6.07 Å². The van der Waals surface area contributed by atoms with Crippen LogP contribution in [0.15, 0.2) is 12.1 Å². The van der Waals surface area contributed by atoms with Gasteiger partial charge in [-0.25, -0.2) is 4.39 Å². The summed E-state index contributed by atoms with van der Waals surface area (Å²) in [4.78, 5) is 11.1. The molecule has 0 aliphatic carbocycles.